The second-order valence-corrected chi connectivity index (χ2v) is 10.4. The standard InChI is InChI=1S/C16H22N4S.2ClH.Ga/c1-12(15-4-2-3-9-17-15)18-19-16(21)20-10-13-5-6-14(11-20)8-7-13;;;/h2-4,9,13-14H,5-8,10-11H2,1H3,(H,19,21);2*1H;/q;;;+2/p-2. The van der Waals surface area contributed by atoms with E-state index in [1.54, 1.807) is 6.20 Å². The fourth-order valence-electron chi connectivity index (χ4n) is 3.30. The molecule has 1 aromatic heterocycles. The minimum atomic E-state index is -0.743. The molecule has 24 heavy (non-hydrogen) atoms. The number of nitrogens with zero attached hydrogens (tertiary/aromatic N) is 3. The Hall–Kier alpha value is -0.274. The molecule has 2 aliphatic heterocycles. The van der Waals surface area contributed by atoms with Gasteiger partial charge in [0.2, 0.25) is 0 Å². The van der Waals surface area contributed by atoms with E-state index in [9.17, 15) is 0 Å². The van der Waals surface area contributed by atoms with Crippen molar-refractivity contribution in [3.8, 4) is 0 Å². The van der Waals surface area contributed by atoms with Crippen molar-refractivity contribution < 1.29 is 0 Å². The molecule has 4 rings (SSSR count). The molecule has 3 fully saturated rings. The summed E-state index contributed by atoms with van der Waals surface area (Å²) in [5, 5.41) is 5.15. The van der Waals surface area contributed by atoms with Crippen LogP contribution in [0.1, 0.15) is 38.3 Å². The number of thiocarbonyl (C=S) groups is 1. The van der Waals surface area contributed by atoms with Gasteiger partial charge < -0.3 is 4.90 Å². The van der Waals surface area contributed by atoms with Gasteiger partial charge in [-0.05, 0) is 68.8 Å². The zero-order valence-electron chi connectivity index (χ0n) is 13.8. The van der Waals surface area contributed by atoms with Gasteiger partial charge in [0.25, 0.3) is 0 Å². The quantitative estimate of drug-likeness (QED) is 0.327. The molecule has 0 amide bonds. The summed E-state index contributed by atoms with van der Waals surface area (Å²) in [4.78, 5) is 6.60. The van der Waals surface area contributed by atoms with Crippen LogP contribution in [0.25, 0.3) is 0 Å². The fourth-order valence-corrected chi connectivity index (χ4v) is 3.49. The van der Waals surface area contributed by atoms with Crippen molar-refractivity contribution in [3.05, 3.63) is 30.1 Å². The molecule has 3 aliphatic rings. The normalized spacial score (nSPS) is 23.0. The SMILES string of the molecule is CC(=NNC(=S)N1CC2CCC(CC2)C1)c1ccccn1.[Cl][Ga][Cl]. The first-order chi connectivity index (χ1) is 11.6. The van der Waals surface area contributed by atoms with Crippen LogP contribution in [0, 0.1) is 11.8 Å². The van der Waals surface area contributed by atoms with Crippen molar-refractivity contribution in [2.24, 2.45) is 16.9 Å². The van der Waals surface area contributed by atoms with Crippen molar-refractivity contribution in [2.45, 2.75) is 32.6 Å². The monoisotopic (exact) mass is 441 g/mol. The Morgan fingerprint density at radius 3 is 2.33 bits per heavy atom. The number of hydrogen-bond acceptors (Lipinski definition) is 3. The molecule has 0 aromatic carbocycles. The molecule has 129 valence electrons. The van der Waals surface area contributed by atoms with Crippen LogP contribution in [0.2, 0.25) is 0 Å². The van der Waals surface area contributed by atoms with Crippen LogP contribution < -0.4 is 5.43 Å². The molecule has 2 bridgehead atoms. The summed E-state index contributed by atoms with van der Waals surface area (Å²) in [7, 11) is 9.84. The van der Waals surface area contributed by atoms with Crippen LogP contribution in [0.4, 0.5) is 0 Å². The van der Waals surface area contributed by atoms with Gasteiger partial charge in [0.1, 0.15) is 0 Å². The molecule has 0 atom stereocenters. The molecule has 0 spiro atoms. The van der Waals surface area contributed by atoms with Gasteiger partial charge in [-0.1, -0.05) is 6.07 Å². The van der Waals surface area contributed by atoms with Crippen molar-refractivity contribution >= 4 is 57.7 Å². The number of hydrazone groups is 1. The average Bonchev–Trinajstić information content (AvgIpc) is 2.95. The van der Waals surface area contributed by atoms with E-state index in [-0.39, 0.29) is 0 Å². The van der Waals surface area contributed by atoms with Crippen molar-refractivity contribution in [3.63, 3.8) is 0 Å². The zero-order chi connectivity index (χ0) is 17.4. The predicted molar refractivity (Wildman–Crippen MR) is 107 cm³/mol. The summed E-state index contributed by atoms with van der Waals surface area (Å²) in [6.07, 6.45) is 7.22. The van der Waals surface area contributed by atoms with E-state index >= 15 is 0 Å². The summed E-state index contributed by atoms with van der Waals surface area (Å²) < 4.78 is 0. The third-order valence-electron chi connectivity index (χ3n) is 4.57. The van der Waals surface area contributed by atoms with Gasteiger partial charge in [0.15, 0.2) is 5.11 Å². The van der Waals surface area contributed by atoms with Gasteiger partial charge in [-0.25, -0.2) is 0 Å². The van der Waals surface area contributed by atoms with Gasteiger partial charge in [-0.2, -0.15) is 5.10 Å². The topological polar surface area (TPSA) is 40.5 Å². The summed E-state index contributed by atoms with van der Waals surface area (Å²) in [5.41, 5.74) is 4.79. The van der Waals surface area contributed by atoms with Gasteiger partial charge >= 0.3 is 34.7 Å². The Morgan fingerprint density at radius 2 is 1.83 bits per heavy atom. The molecule has 4 nitrogen and oxygen atoms in total. The van der Waals surface area contributed by atoms with E-state index in [1.165, 1.54) is 25.7 Å². The maximum atomic E-state index is 5.52. The van der Waals surface area contributed by atoms with Crippen LogP contribution in [-0.2, 0) is 0 Å². The van der Waals surface area contributed by atoms with Crippen molar-refractivity contribution in [2.75, 3.05) is 13.1 Å². The third kappa shape index (κ3) is 6.22. The maximum absolute atomic E-state index is 5.52. The number of aromatic nitrogens is 1. The predicted octanol–water partition coefficient (Wildman–Crippen LogP) is 3.80. The van der Waals surface area contributed by atoms with Crippen LogP contribution in [0.5, 0.6) is 0 Å². The van der Waals surface area contributed by atoms with Crippen LogP contribution >= 0.6 is 31.5 Å². The Morgan fingerprint density at radius 1 is 1.25 bits per heavy atom. The number of nitrogens with one attached hydrogen (secondary N) is 1. The Kier molecular flexibility index (Phi) is 8.90. The Bertz CT molecular complexity index is 536. The number of rotatable bonds is 2. The van der Waals surface area contributed by atoms with Crippen LogP contribution in [0.3, 0.4) is 0 Å². The molecule has 3 heterocycles. The number of hydrogen-bond donors (Lipinski definition) is 1. The van der Waals surface area contributed by atoms with Gasteiger partial charge in [0.05, 0.1) is 11.4 Å². The second kappa shape index (κ2) is 10.7. The summed E-state index contributed by atoms with van der Waals surface area (Å²) in [6, 6.07) is 5.82. The first-order valence-electron chi connectivity index (χ1n) is 8.16. The van der Waals surface area contributed by atoms with E-state index in [2.05, 4.69) is 20.4 Å². The molecule has 1 saturated carbocycles. The van der Waals surface area contributed by atoms with Gasteiger partial charge in [0, 0.05) is 19.3 Å². The van der Waals surface area contributed by atoms with Crippen LogP contribution in [0.15, 0.2) is 29.5 Å². The van der Waals surface area contributed by atoms with Gasteiger partial charge in [-0.15, -0.1) is 0 Å². The molecular weight excluding hydrogens is 421 g/mol. The molecular formula is C16H22Cl2GaN4S. The molecule has 1 N–H and O–H groups in total. The third-order valence-corrected chi connectivity index (χ3v) is 4.92. The molecule has 1 aliphatic carbocycles. The Labute approximate surface area is 165 Å². The second-order valence-electron chi connectivity index (χ2n) is 6.20. The van der Waals surface area contributed by atoms with E-state index in [0.29, 0.717) is 0 Å². The molecule has 2 saturated heterocycles. The summed E-state index contributed by atoms with van der Waals surface area (Å²) >= 11 is 4.78. The summed E-state index contributed by atoms with van der Waals surface area (Å²) in [6.45, 7) is 4.12. The number of fused-ring (bicyclic) bond motifs is 4. The van der Waals surface area contributed by atoms with E-state index in [4.69, 9.17) is 31.5 Å². The Balaban J connectivity index is 0.000000647. The van der Waals surface area contributed by atoms with Crippen molar-refractivity contribution in [1.29, 1.82) is 0 Å². The van der Waals surface area contributed by atoms with E-state index in [0.717, 1.165) is 41.4 Å². The summed E-state index contributed by atoms with van der Waals surface area (Å²) in [5.74, 6) is 1.62. The van der Waals surface area contributed by atoms with Crippen LogP contribution in [-0.4, -0.2) is 49.2 Å². The van der Waals surface area contributed by atoms with E-state index < -0.39 is 15.4 Å². The van der Waals surface area contributed by atoms with Crippen molar-refractivity contribution in [1.82, 2.24) is 15.3 Å². The molecule has 1 radical (unpaired) electrons. The molecule has 8 heteroatoms. The number of pyridine rings is 1. The first-order valence-corrected chi connectivity index (χ1v) is 14.9. The molecule has 1 aromatic rings. The van der Waals surface area contributed by atoms with E-state index in [1.807, 2.05) is 25.1 Å². The first kappa shape index (κ1) is 20.0. The molecule has 0 unspecified atom stereocenters. The fraction of sp³-hybridized carbons (Fsp3) is 0.562. The average molecular weight is 443 g/mol. The zero-order valence-corrected chi connectivity index (χ0v) is 18.5. The minimum absolute atomic E-state index is 0.743. The van der Waals surface area contributed by atoms with Gasteiger partial charge in [-0.3, -0.25) is 10.4 Å². The number of halogens is 2.